The third kappa shape index (κ3) is 4.86. The SMILES string of the molecule is CNCCCCC[C@@H]1CCc2cc([C@H]3CC[C@](C)(CO)C3)ccc2C1. The topological polar surface area (TPSA) is 32.3 Å². The van der Waals surface area contributed by atoms with Crippen molar-refractivity contribution in [1.29, 1.82) is 0 Å². The molecule has 25 heavy (non-hydrogen) atoms. The van der Waals surface area contributed by atoms with Gasteiger partial charge in [0.25, 0.3) is 0 Å². The molecule has 3 rings (SSSR count). The van der Waals surface area contributed by atoms with Gasteiger partial charge in [-0.2, -0.15) is 0 Å². The highest BCUT2D eigenvalue weighted by molar-refractivity contribution is 5.36. The van der Waals surface area contributed by atoms with Crippen LogP contribution in [0.4, 0.5) is 0 Å². The average molecular weight is 344 g/mol. The van der Waals surface area contributed by atoms with Gasteiger partial charge < -0.3 is 10.4 Å². The van der Waals surface area contributed by atoms with E-state index < -0.39 is 0 Å². The highest BCUT2D eigenvalue weighted by Crippen LogP contribution is 2.46. The largest absolute Gasteiger partial charge is 0.396 e. The molecule has 1 saturated carbocycles. The summed E-state index contributed by atoms with van der Waals surface area (Å²) in [5, 5.41) is 12.9. The standard InChI is InChI=1S/C23H37NO/c1-23(17-25)12-11-22(16-23)21-10-9-19-14-18(7-8-20(19)15-21)6-4-3-5-13-24-2/h9-10,15,18,22,24-25H,3-8,11-14,16-17H2,1-2H3/t18-,22+,23+/m1/s1. The minimum Gasteiger partial charge on any atom is -0.396 e. The van der Waals surface area contributed by atoms with Crippen LogP contribution in [0, 0.1) is 11.3 Å². The van der Waals surface area contributed by atoms with Crippen molar-refractivity contribution in [3.8, 4) is 0 Å². The van der Waals surface area contributed by atoms with Crippen molar-refractivity contribution in [2.75, 3.05) is 20.2 Å². The van der Waals surface area contributed by atoms with Crippen LogP contribution in [0.2, 0.25) is 0 Å². The number of hydrogen-bond donors (Lipinski definition) is 2. The highest BCUT2D eigenvalue weighted by atomic mass is 16.3. The number of aryl methyl sites for hydroxylation is 1. The van der Waals surface area contributed by atoms with E-state index in [1.54, 1.807) is 11.1 Å². The molecule has 2 aliphatic rings. The van der Waals surface area contributed by atoms with Crippen molar-refractivity contribution in [2.24, 2.45) is 11.3 Å². The van der Waals surface area contributed by atoms with E-state index in [4.69, 9.17) is 0 Å². The zero-order chi connectivity index (χ0) is 17.7. The monoisotopic (exact) mass is 343 g/mol. The van der Waals surface area contributed by atoms with Crippen molar-refractivity contribution in [2.45, 2.75) is 77.0 Å². The molecule has 0 bridgehead atoms. The Morgan fingerprint density at radius 1 is 1.16 bits per heavy atom. The smallest absolute Gasteiger partial charge is 0.0484 e. The molecule has 2 nitrogen and oxygen atoms in total. The number of fused-ring (bicyclic) bond motifs is 1. The van der Waals surface area contributed by atoms with Gasteiger partial charge in [0, 0.05) is 6.61 Å². The maximum absolute atomic E-state index is 9.63. The minimum absolute atomic E-state index is 0.152. The maximum Gasteiger partial charge on any atom is 0.0484 e. The van der Waals surface area contributed by atoms with E-state index in [9.17, 15) is 5.11 Å². The van der Waals surface area contributed by atoms with E-state index >= 15 is 0 Å². The second kappa shape index (κ2) is 8.68. The van der Waals surface area contributed by atoms with Crippen LogP contribution in [0.1, 0.15) is 80.9 Å². The van der Waals surface area contributed by atoms with Gasteiger partial charge >= 0.3 is 0 Å². The Morgan fingerprint density at radius 2 is 2.04 bits per heavy atom. The van der Waals surface area contributed by atoms with Gasteiger partial charge in [0.1, 0.15) is 0 Å². The van der Waals surface area contributed by atoms with Crippen LogP contribution in [0.3, 0.4) is 0 Å². The van der Waals surface area contributed by atoms with Crippen LogP contribution < -0.4 is 5.32 Å². The van der Waals surface area contributed by atoms with Crippen molar-refractivity contribution < 1.29 is 5.11 Å². The number of rotatable bonds is 8. The first-order chi connectivity index (χ1) is 12.1. The number of aliphatic hydroxyl groups is 1. The van der Waals surface area contributed by atoms with Gasteiger partial charge in [0.15, 0.2) is 0 Å². The summed E-state index contributed by atoms with van der Waals surface area (Å²) < 4.78 is 0. The fourth-order valence-electron chi connectivity index (χ4n) is 5.01. The number of nitrogens with one attached hydrogen (secondary N) is 1. The van der Waals surface area contributed by atoms with Crippen molar-refractivity contribution in [1.82, 2.24) is 5.32 Å². The van der Waals surface area contributed by atoms with Crippen molar-refractivity contribution in [3.63, 3.8) is 0 Å². The Bertz CT molecular complexity index is 555. The van der Waals surface area contributed by atoms with Crippen LogP contribution in [-0.4, -0.2) is 25.3 Å². The fraction of sp³-hybridized carbons (Fsp3) is 0.739. The number of aliphatic hydroxyl groups excluding tert-OH is 1. The molecule has 2 aliphatic carbocycles. The van der Waals surface area contributed by atoms with E-state index in [1.165, 1.54) is 63.4 Å². The number of benzene rings is 1. The van der Waals surface area contributed by atoms with Crippen LogP contribution in [0.25, 0.3) is 0 Å². The lowest BCUT2D eigenvalue weighted by atomic mass is 9.79. The molecule has 3 atom stereocenters. The molecule has 2 N–H and O–H groups in total. The zero-order valence-corrected chi connectivity index (χ0v) is 16.3. The van der Waals surface area contributed by atoms with Gasteiger partial charge in [-0.15, -0.1) is 0 Å². The van der Waals surface area contributed by atoms with Crippen molar-refractivity contribution in [3.05, 3.63) is 34.9 Å². The molecule has 140 valence electrons. The summed E-state index contributed by atoms with van der Waals surface area (Å²) in [7, 11) is 2.04. The maximum atomic E-state index is 9.63. The quantitative estimate of drug-likeness (QED) is 0.662. The summed E-state index contributed by atoms with van der Waals surface area (Å²) in [5.41, 5.74) is 4.90. The molecule has 0 unspecified atom stereocenters. The predicted molar refractivity (Wildman–Crippen MR) is 106 cm³/mol. The van der Waals surface area contributed by atoms with Crippen molar-refractivity contribution >= 4 is 0 Å². The molecule has 0 aliphatic heterocycles. The van der Waals surface area contributed by atoms with E-state index in [1.807, 2.05) is 7.05 Å². The Hall–Kier alpha value is -0.860. The van der Waals surface area contributed by atoms with Crippen LogP contribution in [0.15, 0.2) is 18.2 Å². The third-order valence-electron chi connectivity index (χ3n) is 6.79. The normalized spacial score (nSPS) is 28.9. The second-order valence-corrected chi connectivity index (χ2v) is 9.00. The Morgan fingerprint density at radius 3 is 2.80 bits per heavy atom. The van der Waals surface area contributed by atoms with Gasteiger partial charge in [0.2, 0.25) is 0 Å². The molecule has 2 heteroatoms. The van der Waals surface area contributed by atoms with Gasteiger partial charge in [0.05, 0.1) is 0 Å². The molecule has 0 aromatic heterocycles. The molecule has 1 aromatic rings. The number of hydrogen-bond acceptors (Lipinski definition) is 2. The molecule has 1 aromatic carbocycles. The molecule has 0 saturated heterocycles. The fourth-order valence-corrected chi connectivity index (χ4v) is 5.01. The van der Waals surface area contributed by atoms with Crippen LogP contribution >= 0.6 is 0 Å². The molecule has 0 spiro atoms. The third-order valence-corrected chi connectivity index (χ3v) is 6.79. The summed E-state index contributed by atoms with van der Waals surface area (Å²) in [6.45, 7) is 3.74. The molecular formula is C23H37NO. The van der Waals surface area contributed by atoms with E-state index in [0.717, 1.165) is 18.9 Å². The average Bonchev–Trinajstić information content (AvgIpc) is 3.04. The van der Waals surface area contributed by atoms with E-state index in [2.05, 4.69) is 30.4 Å². The lowest BCUT2D eigenvalue weighted by Crippen LogP contribution is -2.17. The summed E-state index contributed by atoms with van der Waals surface area (Å²) in [6, 6.07) is 7.32. The molecule has 0 heterocycles. The van der Waals surface area contributed by atoms with Crippen LogP contribution in [-0.2, 0) is 12.8 Å². The first-order valence-corrected chi connectivity index (χ1v) is 10.5. The van der Waals surface area contributed by atoms with Gasteiger partial charge in [-0.25, -0.2) is 0 Å². The van der Waals surface area contributed by atoms with Gasteiger partial charge in [-0.3, -0.25) is 0 Å². The second-order valence-electron chi connectivity index (χ2n) is 9.00. The molecule has 0 amide bonds. The molecule has 1 fully saturated rings. The lowest BCUT2D eigenvalue weighted by Gasteiger charge is -2.26. The van der Waals surface area contributed by atoms with Crippen LogP contribution in [0.5, 0.6) is 0 Å². The number of unbranched alkanes of at least 4 members (excludes halogenated alkanes) is 2. The summed E-state index contributed by atoms with van der Waals surface area (Å²) in [4.78, 5) is 0. The lowest BCUT2D eigenvalue weighted by molar-refractivity contribution is 0.147. The molecular weight excluding hydrogens is 306 g/mol. The minimum atomic E-state index is 0.152. The first-order valence-electron chi connectivity index (χ1n) is 10.5. The van der Waals surface area contributed by atoms with E-state index in [-0.39, 0.29) is 5.41 Å². The molecule has 0 radical (unpaired) electrons. The first kappa shape index (κ1) is 18.9. The Kier molecular flexibility index (Phi) is 6.57. The predicted octanol–water partition coefficient (Wildman–Crippen LogP) is 4.84. The summed E-state index contributed by atoms with van der Waals surface area (Å²) >= 11 is 0. The highest BCUT2D eigenvalue weighted by Gasteiger charge is 2.35. The zero-order valence-electron chi connectivity index (χ0n) is 16.3. The van der Waals surface area contributed by atoms with E-state index in [0.29, 0.717) is 12.5 Å². The van der Waals surface area contributed by atoms with Gasteiger partial charge in [-0.1, -0.05) is 44.4 Å². The Labute approximate surface area is 154 Å². The Balaban J connectivity index is 1.53. The summed E-state index contributed by atoms with van der Waals surface area (Å²) in [6.07, 6.45) is 13.0. The summed E-state index contributed by atoms with van der Waals surface area (Å²) in [5.74, 6) is 1.56. The van der Waals surface area contributed by atoms with Gasteiger partial charge in [-0.05, 0) is 92.5 Å².